The molecular weight excluding hydrogens is 249 g/mol. The molecule has 6 heteroatoms. The maximum Gasteiger partial charge on any atom is 0.240 e. The maximum absolute atomic E-state index is 11.4. The van der Waals surface area contributed by atoms with Gasteiger partial charge in [-0.25, -0.2) is 0 Å². The predicted octanol–water partition coefficient (Wildman–Crippen LogP) is -0.0454. The SMILES string of the molecule is CN(C)CC#CCN1CC[C@H](N)C1=O.Cl.Cl. The summed E-state index contributed by atoms with van der Waals surface area (Å²) in [5.41, 5.74) is 5.57. The van der Waals surface area contributed by atoms with Crippen molar-refractivity contribution in [1.29, 1.82) is 0 Å². The molecule has 16 heavy (non-hydrogen) atoms. The number of hydrogen-bond acceptors (Lipinski definition) is 3. The van der Waals surface area contributed by atoms with E-state index in [-0.39, 0.29) is 36.8 Å². The Morgan fingerprint density at radius 3 is 2.50 bits per heavy atom. The maximum atomic E-state index is 11.4. The molecule has 0 aliphatic carbocycles. The Balaban J connectivity index is 0. The van der Waals surface area contributed by atoms with Crippen molar-refractivity contribution >= 4 is 30.7 Å². The van der Waals surface area contributed by atoms with Crippen LogP contribution in [-0.4, -0.2) is 55.5 Å². The largest absolute Gasteiger partial charge is 0.330 e. The van der Waals surface area contributed by atoms with Crippen molar-refractivity contribution in [3.05, 3.63) is 0 Å². The molecule has 0 radical (unpaired) electrons. The Hall–Kier alpha value is -0.470. The van der Waals surface area contributed by atoms with Crippen molar-refractivity contribution in [2.24, 2.45) is 5.73 Å². The summed E-state index contributed by atoms with van der Waals surface area (Å²) in [4.78, 5) is 15.1. The van der Waals surface area contributed by atoms with Crippen molar-refractivity contribution in [2.45, 2.75) is 12.5 Å². The lowest BCUT2D eigenvalue weighted by atomic mass is 10.3. The van der Waals surface area contributed by atoms with Gasteiger partial charge < -0.3 is 10.6 Å². The second-order valence-electron chi connectivity index (χ2n) is 3.75. The van der Waals surface area contributed by atoms with Crippen LogP contribution in [0.5, 0.6) is 0 Å². The zero-order valence-corrected chi connectivity index (χ0v) is 11.2. The Morgan fingerprint density at radius 1 is 1.44 bits per heavy atom. The third-order valence-corrected chi connectivity index (χ3v) is 2.13. The summed E-state index contributed by atoms with van der Waals surface area (Å²) in [6.45, 7) is 1.99. The van der Waals surface area contributed by atoms with Crippen LogP contribution in [0, 0.1) is 11.8 Å². The number of halogens is 2. The molecule has 0 spiro atoms. The lowest BCUT2D eigenvalue weighted by Gasteiger charge is -2.11. The molecular formula is C10H19Cl2N3O. The molecule has 0 aromatic rings. The quantitative estimate of drug-likeness (QED) is 0.715. The van der Waals surface area contributed by atoms with E-state index in [1.54, 1.807) is 4.90 Å². The second-order valence-corrected chi connectivity index (χ2v) is 3.75. The van der Waals surface area contributed by atoms with Crippen molar-refractivity contribution in [3.63, 3.8) is 0 Å². The summed E-state index contributed by atoms with van der Waals surface area (Å²) in [6, 6.07) is -0.300. The van der Waals surface area contributed by atoms with Gasteiger partial charge in [-0.1, -0.05) is 11.8 Å². The van der Waals surface area contributed by atoms with Gasteiger partial charge in [0.05, 0.1) is 19.1 Å². The first-order chi connectivity index (χ1) is 6.61. The van der Waals surface area contributed by atoms with Crippen molar-refractivity contribution in [2.75, 3.05) is 33.7 Å². The van der Waals surface area contributed by atoms with Crippen LogP contribution in [0.4, 0.5) is 0 Å². The fraction of sp³-hybridized carbons (Fsp3) is 0.700. The third-order valence-electron chi connectivity index (χ3n) is 2.13. The highest BCUT2D eigenvalue weighted by atomic mass is 35.5. The van der Waals surface area contributed by atoms with E-state index in [4.69, 9.17) is 5.73 Å². The van der Waals surface area contributed by atoms with Crippen molar-refractivity contribution in [3.8, 4) is 11.8 Å². The van der Waals surface area contributed by atoms with Gasteiger partial charge in [-0.05, 0) is 20.5 Å². The Bertz CT molecular complexity index is 273. The zero-order valence-electron chi connectivity index (χ0n) is 9.60. The number of hydrogen-bond donors (Lipinski definition) is 1. The number of carbonyl (C=O) groups is 1. The highest BCUT2D eigenvalue weighted by Crippen LogP contribution is 2.07. The number of likely N-dealkylation sites (tertiary alicyclic amines) is 1. The second kappa shape index (κ2) is 8.66. The summed E-state index contributed by atoms with van der Waals surface area (Å²) in [5, 5.41) is 0. The van der Waals surface area contributed by atoms with Gasteiger partial charge in [-0.3, -0.25) is 9.69 Å². The minimum atomic E-state index is -0.300. The van der Waals surface area contributed by atoms with Crippen LogP contribution >= 0.6 is 24.8 Å². The molecule has 2 N–H and O–H groups in total. The molecule has 0 aromatic heterocycles. The summed E-state index contributed by atoms with van der Waals surface area (Å²) in [6.07, 6.45) is 0.758. The molecule has 0 saturated carbocycles. The van der Waals surface area contributed by atoms with Gasteiger partial charge in [0, 0.05) is 6.54 Å². The minimum Gasteiger partial charge on any atom is -0.330 e. The molecule has 0 bridgehead atoms. The average Bonchev–Trinajstić information content (AvgIpc) is 2.43. The van der Waals surface area contributed by atoms with Gasteiger partial charge in [0.15, 0.2) is 0 Å². The Labute approximate surface area is 109 Å². The summed E-state index contributed by atoms with van der Waals surface area (Å²) >= 11 is 0. The number of nitrogens with two attached hydrogens (primary N) is 1. The number of amides is 1. The summed E-state index contributed by atoms with van der Waals surface area (Å²) in [7, 11) is 3.93. The minimum absolute atomic E-state index is 0. The summed E-state index contributed by atoms with van der Waals surface area (Å²) < 4.78 is 0. The highest BCUT2D eigenvalue weighted by molar-refractivity contribution is 5.85. The van der Waals surface area contributed by atoms with E-state index in [1.165, 1.54) is 0 Å². The van der Waals surface area contributed by atoms with E-state index in [2.05, 4.69) is 11.8 Å². The number of nitrogens with zero attached hydrogens (tertiary/aromatic N) is 2. The molecule has 4 nitrogen and oxygen atoms in total. The van der Waals surface area contributed by atoms with Gasteiger partial charge >= 0.3 is 0 Å². The average molecular weight is 268 g/mol. The Morgan fingerprint density at radius 2 is 2.06 bits per heavy atom. The molecule has 1 rings (SSSR count). The Kier molecular flexibility index (Phi) is 9.69. The van der Waals surface area contributed by atoms with Gasteiger partial charge in [0.1, 0.15) is 0 Å². The fourth-order valence-electron chi connectivity index (χ4n) is 1.29. The normalized spacial score (nSPS) is 18.6. The third kappa shape index (κ3) is 5.57. The molecule has 1 aliphatic heterocycles. The highest BCUT2D eigenvalue weighted by Gasteiger charge is 2.27. The van der Waals surface area contributed by atoms with E-state index < -0.39 is 0 Å². The van der Waals surface area contributed by atoms with E-state index in [9.17, 15) is 4.79 Å². The van der Waals surface area contributed by atoms with Crippen LogP contribution in [-0.2, 0) is 4.79 Å². The van der Waals surface area contributed by atoms with Crippen LogP contribution in [0.25, 0.3) is 0 Å². The molecule has 1 atom stereocenters. The summed E-state index contributed by atoms with van der Waals surface area (Å²) in [5.74, 6) is 5.99. The first-order valence-corrected chi connectivity index (χ1v) is 4.76. The first-order valence-electron chi connectivity index (χ1n) is 4.76. The zero-order chi connectivity index (χ0) is 10.6. The van der Waals surface area contributed by atoms with Crippen LogP contribution in [0.2, 0.25) is 0 Å². The van der Waals surface area contributed by atoms with Crippen LogP contribution in [0.15, 0.2) is 0 Å². The fourth-order valence-corrected chi connectivity index (χ4v) is 1.29. The molecule has 94 valence electrons. The molecule has 1 fully saturated rings. The van der Waals surface area contributed by atoms with Gasteiger partial charge in [-0.2, -0.15) is 0 Å². The lowest BCUT2D eigenvalue weighted by Crippen LogP contribution is -2.34. The van der Waals surface area contributed by atoms with E-state index in [0.717, 1.165) is 19.5 Å². The van der Waals surface area contributed by atoms with Crippen molar-refractivity contribution < 1.29 is 4.79 Å². The van der Waals surface area contributed by atoms with E-state index in [0.29, 0.717) is 6.54 Å². The standard InChI is InChI=1S/C10H17N3O.2ClH/c1-12(2)6-3-4-7-13-8-5-9(11)10(13)14;;/h9H,5-8,11H2,1-2H3;2*1H/t9-;;/m0../s1. The smallest absolute Gasteiger partial charge is 0.240 e. The predicted molar refractivity (Wildman–Crippen MR) is 70.0 cm³/mol. The first kappa shape index (κ1) is 17.9. The molecule has 1 saturated heterocycles. The van der Waals surface area contributed by atoms with Gasteiger partial charge in [-0.15, -0.1) is 24.8 Å². The van der Waals surface area contributed by atoms with E-state index in [1.807, 2.05) is 19.0 Å². The molecule has 0 unspecified atom stereocenters. The van der Waals surface area contributed by atoms with Gasteiger partial charge in [0.25, 0.3) is 0 Å². The van der Waals surface area contributed by atoms with Crippen molar-refractivity contribution in [1.82, 2.24) is 9.80 Å². The lowest BCUT2D eigenvalue weighted by molar-refractivity contribution is -0.128. The monoisotopic (exact) mass is 267 g/mol. The molecule has 1 aliphatic rings. The van der Waals surface area contributed by atoms with Gasteiger partial charge in [0.2, 0.25) is 5.91 Å². The van der Waals surface area contributed by atoms with Crippen LogP contribution in [0.3, 0.4) is 0 Å². The van der Waals surface area contributed by atoms with E-state index >= 15 is 0 Å². The number of rotatable bonds is 2. The molecule has 1 heterocycles. The topological polar surface area (TPSA) is 49.6 Å². The molecule has 0 aromatic carbocycles. The molecule has 1 amide bonds. The van der Waals surface area contributed by atoms with Crippen LogP contribution in [0.1, 0.15) is 6.42 Å². The van der Waals surface area contributed by atoms with Crippen LogP contribution < -0.4 is 5.73 Å². The number of carbonyl (C=O) groups excluding carboxylic acids is 1.